The molecule has 1 atom stereocenters. The van der Waals surface area contributed by atoms with Crippen molar-refractivity contribution in [3.05, 3.63) is 29.8 Å². The van der Waals surface area contributed by atoms with E-state index in [1.807, 2.05) is 24.3 Å². The first-order valence-electron chi connectivity index (χ1n) is 7.38. The Hall–Kier alpha value is -2.04. The van der Waals surface area contributed by atoms with Crippen molar-refractivity contribution < 1.29 is 14.3 Å². The molecule has 5 heteroatoms. The molecule has 1 aliphatic heterocycles. The van der Waals surface area contributed by atoms with Crippen LogP contribution in [0.25, 0.3) is 0 Å². The fourth-order valence-corrected chi connectivity index (χ4v) is 2.46. The topological polar surface area (TPSA) is 49.9 Å². The van der Waals surface area contributed by atoms with E-state index in [0.717, 1.165) is 24.1 Å². The first-order valence-corrected chi connectivity index (χ1v) is 7.38. The van der Waals surface area contributed by atoms with Crippen LogP contribution < -0.4 is 4.74 Å². The van der Waals surface area contributed by atoms with Gasteiger partial charge in [0, 0.05) is 26.2 Å². The van der Waals surface area contributed by atoms with Crippen molar-refractivity contribution in [2.75, 3.05) is 26.2 Å². The van der Waals surface area contributed by atoms with Crippen LogP contribution in [-0.4, -0.2) is 54.4 Å². The van der Waals surface area contributed by atoms with Crippen molar-refractivity contribution in [2.45, 2.75) is 26.4 Å². The maximum Gasteiger partial charge on any atom is 0.263 e. The third-order valence-corrected chi connectivity index (χ3v) is 3.78. The third-order valence-electron chi connectivity index (χ3n) is 3.78. The Morgan fingerprint density at radius 2 is 1.95 bits per heavy atom. The van der Waals surface area contributed by atoms with Crippen LogP contribution >= 0.6 is 0 Å². The Labute approximate surface area is 125 Å². The number of carbonyl (C=O) groups excluding carboxylic acids is 2. The van der Waals surface area contributed by atoms with Crippen molar-refractivity contribution >= 4 is 12.3 Å². The van der Waals surface area contributed by atoms with Gasteiger partial charge in [0.1, 0.15) is 5.75 Å². The van der Waals surface area contributed by atoms with Crippen molar-refractivity contribution in [1.29, 1.82) is 0 Å². The fraction of sp³-hybridized carbons (Fsp3) is 0.500. The fourth-order valence-electron chi connectivity index (χ4n) is 2.46. The summed E-state index contributed by atoms with van der Waals surface area (Å²) < 4.78 is 5.83. The van der Waals surface area contributed by atoms with Crippen LogP contribution in [0.1, 0.15) is 19.4 Å². The number of aryl methyl sites for hydroxylation is 1. The van der Waals surface area contributed by atoms with Gasteiger partial charge >= 0.3 is 0 Å². The second-order valence-corrected chi connectivity index (χ2v) is 5.19. The summed E-state index contributed by atoms with van der Waals surface area (Å²) in [6.07, 6.45) is 1.19. The van der Waals surface area contributed by atoms with Gasteiger partial charge in [-0.15, -0.1) is 0 Å². The smallest absolute Gasteiger partial charge is 0.263 e. The molecule has 1 heterocycles. The molecule has 1 aromatic carbocycles. The predicted octanol–water partition coefficient (Wildman–Crippen LogP) is 1.32. The van der Waals surface area contributed by atoms with Gasteiger partial charge in [0.25, 0.3) is 5.91 Å². The minimum Gasteiger partial charge on any atom is -0.481 e. The molecule has 0 bridgehead atoms. The Balaban J connectivity index is 1.95. The molecule has 5 nitrogen and oxygen atoms in total. The molecule has 0 N–H and O–H groups in total. The number of hydrogen-bond donors (Lipinski definition) is 0. The van der Waals surface area contributed by atoms with Gasteiger partial charge < -0.3 is 14.5 Å². The number of para-hydroxylation sites is 1. The van der Waals surface area contributed by atoms with Crippen LogP contribution in [0, 0.1) is 0 Å². The molecule has 1 fully saturated rings. The van der Waals surface area contributed by atoms with Crippen LogP contribution in [0.4, 0.5) is 0 Å². The number of piperazine rings is 1. The highest BCUT2D eigenvalue weighted by Crippen LogP contribution is 2.20. The van der Waals surface area contributed by atoms with E-state index in [1.54, 1.807) is 16.7 Å². The first kappa shape index (κ1) is 15.4. The summed E-state index contributed by atoms with van der Waals surface area (Å²) in [7, 11) is 0. The lowest BCUT2D eigenvalue weighted by Gasteiger charge is -2.34. The van der Waals surface area contributed by atoms with E-state index in [2.05, 4.69) is 6.92 Å². The van der Waals surface area contributed by atoms with E-state index in [9.17, 15) is 9.59 Å². The van der Waals surface area contributed by atoms with Crippen molar-refractivity contribution in [1.82, 2.24) is 9.80 Å². The minimum atomic E-state index is -0.513. The van der Waals surface area contributed by atoms with Crippen LogP contribution in [0.15, 0.2) is 24.3 Å². The van der Waals surface area contributed by atoms with Gasteiger partial charge in [-0.3, -0.25) is 9.59 Å². The number of rotatable bonds is 5. The zero-order valence-electron chi connectivity index (χ0n) is 12.6. The average Bonchev–Trinajstić information content (AvgIpc) is 2.54. The first-order chi connectivity index (χ1) is 10.2. The molecule has 114 valence electrons. The maximum atomic E-state index is 12.4. The number of amides is 2. The molecule has 2 rings (SSSR count). The number of nitrogens with zero attached hydrogens (tertiary/aromatic N) is 2. The quantitative estimate of drug-likeness (QED) is 0.768. The molecular weight excluding hydrogens is 268 g/mol. The third kappa shape index (κ3) is 3.74. The average molecular weight is 290 g/mol. The highest BCUT2D eigenvalue weighted by molar-refractivity contribution is 5.81. The zero-order valence-corrected chi connectivity index (χ0v) is 12.6. The van der Waals surface area contributed by atoms with E-state index in [-0.39, 0.29) is 5.91 Å². The van der Waals surface area contributed by atoms with Crippen molar-refractivity contribution in [3.63, 3.8) is 0 Å². The van der Waals surface area contributed by atoms with Gasteiger partial charge in [0.2, 0.25) is 6.41 Å². The Kier molecular flexibility index (Phi) is 5.20. The Morgan fingerprint density at radius 3 is 2.57 bits per heavy atom. The summed E-state index contributed by atoms with van der Waals surface area (Å²) in [6.45, 7) is 6.16. The molecule has 0 radical (unpaired) electrons. The van der Waals surface area contributed by atoms with Crippen molar-refractivity contribution in [2.24, 2.45) is 0 Å². The van der Waals surface area contributed by atoms with E-state index >= 15 is 0 Å². The van der Waals surface area contributed by atoms with E-state index in [4.69, 9.17) is 4.74 Å². The summed E-state index contributed by atoms with van der Waals surface area (Å²) in [5, 5.41) is 0. The second kappa shape index (κ2) is 7.11. The lowest BCUT2D eigenvalue weighted by Crippen LogP contribution is -2.51. The van der Waals surface area contributed by atoms with E-state index in [1.165, 1.54) is 0 Å². The van der Waals surface area contributed by atoms with Gasteiger partial charge in [0.15, 0.2) is 6.10 Å². The highest BCUT2D eigenvalue weighted by Gasteiger charge is 2.25. The number of benzene rings is 1. The Morgan fingerprint density at radius 1 is 1.29 bits per heavy atom. The predicted molar refractivity (Wildman–Crippen MR) is 80.1 cm³/mol. The van der Waals surface area contributed by atoms with Gasteiger partial charge in [-0.2, -0.15) is 0 Å². The van der Waals surface area contributed by atoms with Gasteiger partial charge in [-0.05, 0) is 25.0 Å². The summed E-state index contributed by atoms with van der Waals surface area (Å²) in [4.78, 5) is 26.5. The summed E-state index contributed by atoms with van der Waals surface area (Å²) in [5.74, 6) is 0.749. The molecule has 1 aromatic rings. The lowest BCUT2D eigenvalue weighted by atomic mass is 10.1. The van der Waals surface area contributed by atoms with Crippen LogP contribution in [-0.2, 0) is 16.0 Å². The Bertz CT molecular complexity index is 496. The maximum absolute atomic E-state index is 12.4. The summed E-state index contributed by atoms with van der Waals surface area (Å²) in [6, 6.07) is 7.79. The normalized spacial score (nSPS) is 16.5. The molecule has 1 unspecified atom stereocenters. The molecular formula is C16H22N2O3. The monoisotopic (exact) mass is 290 g/mol. The second-order valence-electron chi connectivity index (χ2n) is 5.19. The molecule has 0 aliphatic carbocycles. The number of carbonyl (C=O) groups is 2. The standard InChI is InChI=1S/C16H22N2O3/c1-3-14-6-4-5-7-15(14)21-13(2)16(20)18-10-8-17(12-19)9-11-18/h4-7,12-13H,3,8-11H2,1-2H3. The summed E-state index contributed by atoms with van der Waals surface area (Å²) in [5.41, 5.74) is 1.10. The van der Waals surface area contributed by atoms with E-state index in [0.29, 0.717) is 26.2 Å². The minimum absolute atomic E-state index is 0.0218. The van der Waals surface area contributed by atoms with Gasteiger partial charge in [-0.25, -0.2) is 0 Å². The largest absolute Gasteiger partial charge is 0.481 e. The molecule has 1 aliphatic rings. The molecule has 2 amide bonds. The summed E-state index contributed by atoms with van der Waals surface area (Å²) >= 11 is 0. The highest BCUT2D eigenvalue weighted by atomic mass is 16.5. The molecule has 1 saturated heterocycles. The van der Waals surface area contributed by atoms with Crippen LogP contribution in [0.2, 0.25) is 0 Å². The molecule has 0 spiro atoms. The molecule has 0 saturated carbocycles. The van der Waals surface area contributed by atoms with Crippen LogP contribution in [0.3, 0.4) is 0 Å². The molecule has 0 aromatic heterocycles. The van der Waals surface area contributed by atoms with Gasteiger partial charge in [-0.1, -0.05) is 25.1 Å². The van der Waals surface area contributed by atoms with E-state index < -0.39 is 6.10 Å². The van der Waals surface area contributed by atoms with Crippen LogP contribution in [0.5, 0.6) is 5.75 Å². The zero-order chi connectivity index (χ0) is 15.2. The number of hydrogen-bond acceptors (Lipinski definition) is 3. The van der Waals surface area contributed by atoms with Gasteiger partial charge in [0.05, 0.1) is 0 Å². The lowest BCUT2D eigenvalue weighted by molar-refractivity contribution is -0.141. The van der Waals surface area contributed by atoms with Crippen molar-refractivity contribution in [3.8, 4) is 5.75 Å². The molecule has 21 heavy (non-hydrogen) atoms. The SMILES string of the molecule is CCc1ccccc1OC(C)C(=O)N1CCN(C=O)CC1. The number of ether oxygens (including phenoxy) is 1.